The maximum absolute atomic E-state index is 8.97. The van der Waals surface area contributed by atoms with Gasteiger partial charge in [0.25, 0.3) is 0 Å². The number of hydrogen-bond donors (Lipinski definition) is 1. The zero-order valence-electron chi connectivity index (χ0n) is 5.23. The fourth-order valence-electron chi connectivity index (χ4n) is 0. The maximum atomic E-state index is 8.97. The molecular weight excluding hydrogens is 263 g/mol. The Bertz CT molecular complexity index is 84.7. The van der Waals surface area contributed by atoms with E-state index in [2.05, 4.69) is 0 Å². The Balaban J connectivity index is 4.14. The molecule has 0 aromatic heterocycles. The SMILES string of the molecule is CC(O)[TeH](C)(C)(Cl)Cl. The van der Waals surface area contributed by atoms with Crippen molar-refractivity contribution in [3.05, 3.63) is 0 Å². The van der Waals surface area contributed by atoms with E-state index in [1.165, 1.54) is 0 Å². The number of aliphatic hydroxyl groups is 1. The van der Waals surface area contributed by atoms with Crippen molar-refractivity contribution in [2.75, 3.05) is 0 Å². The molecule has 0 aromatic rings. The predicted octanol–water partition coefficient (Wildman–Crippen LogP) is 1.77. The van der Waals surface area contributed by atoms with Crippen LogP contribution in [0.5, 0.6) is 0 Å². The molecule has 0 radical (unpaired) electrons. The zero-order valence-corrected chi connectivity index (χ0v) is 9.29. The van der Waals surface area contributed by atoms with Gasteiger partial charge in [0.1, 0.15) is 0 Å². The molecule has 0 amide bonds. The molecule has 1 atom stereocenters. The van der Waals surface area contributed by atoms with Crippen molar-refractivity contribution in [2.45, 2.75) is 21.0 Å². The number of hydrogen-bond acceptors (Lipinski definition) is 1. The zero-order chi connectivity index (χ0) is 7.02. The molecular formula is C4H12Cl2OTe. The Kier molecular flexibility index (Phi) is 2.54. The van der Waals surface area contributed by atoms with Gasteiger partial charge < -0.3 is 0 Å². The molecule has 1 nitrogen and oxygen atoms in total. The summed E-state index contributed by atoms with van der Waals surface area (Å²) in [5, 5.41) is 8.97. The first-order valence-corrected chi connectivity index (χ1v) is 15.4. The standard InChI is InChI=1S/C4H12Cl2OTe/c1-4(7)8(2,3,5)6/h4,7-8H,1-3H3. The first kappa shape index (κ1) is 9.33. The van der Waals surface area contributed by atoms with Gasteiger partial charge in [-0.3, -0.25) is 0 Å². The van der Waals surface area contributed by atoms with Gasteiger partial charge in [-0.15, -0.1) is 0 Å². The van der Waals surface area contributed by atoms with Gasteiger partial charge in [0.2, 0.25) is 0 Å². The summed E-state index contributed by atoms with van der Waals surface area (Å²) < 4.78 is -0.522. The Morgan fingerprint density at radius 2 is 1.50 bits per heavy atom. The average Bonchev–Trinajstić information content (AvgIpc) is 1.27. The van der Waals surface area contributed by atoms with E-state index in [4.69, 9.17) is 23.0 Å². The van der Waals surface area contributed by atoms with E-state index in [0.717, 1.165) is 0 Å². The Morgan fingerprint density at radius 1 is 1.38 bits per heavy atom. The van der Waals surface area contributed by atoms with E-state index in [-0.39, 0.29) is 0 Å². The summed E-state index contributed by atoms with van der Waals surface area (Å²) in [6, 6.07) is 0. The first-order chi connectivity index (χ1) is 3.20. The molecule has 0 spiro atoms. The third kappa shape index (κ3) is 3.37. The minimum atomic E-state index is -3.39. The van der Waals surface area contributed by atoms with Crippen molar-refractivity contribution in [2.24, 2.45) is 0 Å². The molecule has 0 aliphatic carbocycles. The molecule has 1 N–H and O–H groups in total. The third-order valence-corrected chi connectivity index (χ3v) is 10.7. The normalized spacial score (nSPS) is 21.5. The van der Waals surface area contributed by atoms with Crippen molar-refractivity contribution in [3.8, 4) is 0 Å². The van der Waals surface area contributed by atoms with E-state index in [1.807, 2.05) is 0 Å². The van der Waals surface area contributed by atoms with Gasteiger partial charge in [-0.05, 0) is 0 Å². The molecule has 4 heteroatoms. The van der Waals surface area contributed by atoms with Crippen LogP contribution in [0.15, 0.2) is 0 Å². The quantitative estimate of drug-likeness (QED) is 0.723. The molecule has 54 valence electrons. The van der Waals surface area contributed by atoms with Gasteiger partial charge in [0.05, 0.1) is 0 Å². The van der Waals surface area contributed by atoms with Crippen LogP contribution in [0.4, 0.5) is 0 Å². The monoisotopic (exact) mass is 276 g/mol. The van der Waals surface area contributed by atoms with Crippen LogP contribution in [0, 0.1) is 0 Å². The predicted molar refractivity (Wildman–Crippen MR) is 42.3 cm³/mol. The van der Waals surface area contributed by atoms with Crippen molar-refractivity contribution >= 4 is 32.5 Å². The molecule has 0 bridgehead atoms. The summed E-state index contributed by atoms with van der Waals surface area (Å²) in [6.45, 7) is 1.64. The van der Waals surface area contributed by atoms with E-state index in [0.29, 0.717) is 0 Å². The minimum absolute atomic E-state index is 0.522. The van der Waals surface area contributed by atoms with Gasteiger partial charge in [-0.2, -0.15) is 0 Å². The second-order valence-electron chi connectivity index (χ2n) is 2.53. The van der Waals surface area contributed by atoms with Gasteiger partial charge >= 0.3 is 58.6 Å². The van der Waals surface area contributed by atoms with Crippen LogP contribution in [-0.2, 0) is 0 Å². The van der Waals surface area contributed by atoms with Crippen molar-refractivity contribution in [3.63, 3.8) is 0 Å². The summed E-state index contributed by atoms with van der Waals surface area (Å²) >= 11 is -3.39. The molecule has 0 aromatic carbocycles. The van der Waals surface area contributed by atoms with Crippen LogP contribution < -0.4 is 0 Å². The number of halogens is 2. The van der Waals surface area contributed by atoms with Crippen LogP contribution in [0.3, 0.4) is 0 Å². The summed E-state index contributed by atoms with van der Waals surface area (Å²) in [4.78, 5) is 3.53. The van der Waals surface area contributed by atoms with Crippen LogP contribution in [0.25, 0.3) is 0 Å². The van der Waals surface area contributed by atoms with E-state index < -0.39 is 18.7 Å². The second kappa shape index (κ2) is 2.18. The number of aliphatic hydroxyl groups excluding tert-OH is 1. The van der Waals surface area contributed by atoms with Crippen LogP contribution in [-0.4, -0.2) is 23.8 Å². The van der Waals surface area contributed by atoms with Crippen LogP contribution >= 0.6 is 17.9 Å². The molecule has 8 heavy (non-hydrogen) atoms. The molecule has 0 heterocycles. The van der Waals surface area contributed by atoms with Crippen molar-refractivity contribution in [1.82, 2.24) is 0 Å². The first-order valence-electron chi connectivity index (χ1n) is 2.33. The number of rotatable bonds is 1. The molecule has 0 rings (SSSR count). The van der Waals surface area contributed by atoms with Crippen molar-refractivity contribution in [1.29, 1.82) is 0 Å². The third-order valence-electron chi connectivity index (χ3n) is 1.03. The van der Waals surface area contributed by atoms with Gasteiger partial charge in [-0.1, -0.05) is 0 Å². The molecule has 0 saturated heterocycles. The molecule has 0 aliphatic heterocycles. The van der Waals surface area contributed by atoms with Gasteiger partial charge in [0.15, 0.2) is 0 Å². The van der Waals surface area contributed by atoms with Gasteiger partial charge in [0, 0.05) is 0 Å². The molecule has 0 saturated carbocycles. The summed E-state index contributed by atoms with van der Waals surface area (Å²) in [5.74, 6) is 0. The fraction of sp³-hybridized carbons (Fsp3) is 1.00. The summed E-state index contributed by atoms with van der Waals surface area (Å²) in [5.41, 5.74) is 0. The van der Waals surface area contributed by atoms with Crippen LogP contribution in [0.2, 0.25) is 9.94 Å². The summed E-state index contributed by atoms with van der Waals surface area (Å²) in [7, 11) is 11.7. The van der Waals surface area contributed by atoms with Gasteiger partial charge in [-0.25, -0.2) is 0 Å². The summed E-state index contributed by atoms with van der Waals surface area (Å²) in [6.07, 6.45) is 0. The topological polar surface area (TPSA) is 20.2 Å². The Labute approximate surface area is 58.4 Å². The van der Waals surface area contributed by atoms with Crippen LogP contribution in [0.1, 0.15) is 6.92 Å². The molecule has 0 aliphatic rings. The second-order valence-corrected chi connectivity index (χ2v) is 30.6. The van der Waals surface area contributed by atoms with E-state index in [1.54, 1.807) is 16.9 Å². The van der Waals surface area contributed by atoms with E-state index in [9.17, 15) is 0 Å². The van der Waals surface area contributed by atoms with Crippen molar-refractivity contribution < 1.29 is 5.11 Å². The molecule has 0 fully saturated rings. The Hall–Kier alpha value is 1.33. The van der Waals surface area contributed by atoms with E-state index >= 15 is 0 Å². The molecule has 1 unspecified atom stereocenters. The Morgan fingerprint density at radius 3 is 1.50 bits per heavy atom. The fourth-order valence-corrected chi connectivity index (χ4v) is 0. The average molecular weight is 275 g/mol.